The molecule has 0 aliphatic rings. The van der Waals surface area contributed by atoms with E-state index in [1.165, 1.54) is 0 Å². The standard InChI is InChI=1S/C15H9BrClN3/c16-11-4-5-14-13(7-11)19-15(8-17)20(14)12-3-1-2-10(6-12)9-18/h1-7H,8H2. The van der Waals surface area contributed by atoms with Gasteiger partial charge in [0.2, 0.25) is 0 Å². The number of hydrogen-bond acceptors (Lipinski definition) is 2. The van der Waals surface area contributed by atoms with Crippen molar-refractivity contribution in [3.05, 3.63) is 58.3 Å². The van der Waals surface area contributed by atoms with Gasteiger partial charge in [-0.15, -0.1) is 11.6 Å². The lowest BCUT2D eigenvalue weighted by Crippen LogP contribution is -1.99. The van der Waals surface area contributed by atoms with E-state index in [-0.39, 0.29) is 0 Å². The van der Waals surface area contributed by atoms with E-state index in [4.69, 9.17) is 16.9 Å². The van der Waals surface area contributed by atoms with Crippen molar-refractivity contribution in [3.8, 4) is 11.8 Å². The van der Waals surface area contributed by atoms with Crippen LogP contribution in [0.3, 0.4) is 0 Å². The minimum absolute atomic E-state index is 0.309. The van der Waals surface area contributed by atoms with Crippen molar-refractivity contribution in [1.29, 1.82) is 5.26 Å². The van der Waals surface area contributed by atoms with Gasteiger partial charge in [0.25, 0.3) is 0 Å². The van der Waals surface area contributed by atoms with Crippen LogP contribution in [0.5, 0.6) is 0 Å². The molecule has 0 saturated carbocycles. The molecule has 1 heterocycles. The quantitative estimate of drug-likeness (QED) is 0.645. The van der Waals surface area contributed by atoms with Crippen molar-refractivity contribution in [1.82, 2.24) is 9.55 Å². The van der Waals surface area contributed by atoms with E-state index in [0.717, 1.165) is 27.0 Å². The van der Waals surface area contributed by atoms with Crippen LogP contribution in [0.4, 0.5) is 0 Å². The summed E-state index contributed by atoms with van der Waals surface area (Å²) < 4.78 is 2.96. The van der Waals surface area contributed by atoms with Crippen molar-refractivity contribution in [2.24, 2.45) is 0 Å². The Bertz CT molecular complexity index is 833. The number of nitriles is 1. The summed E-state index contributed by atoms with van der Waals surface area (Å²) in [5.41, 5.74) is 3.35. The van der Waals surface area contributed by atoms with Crippen molar-refractivity contribution in [3.63, 3.8) is 0 Å². The third-order valence-electron chi connectivity index (χ3n) is 3.04. The number of hydrogen-bond donors (Lipinski definition) is 0. The molecule has 0 spiro atoms. The Kier molecular flexibility index (Phi) is 3.47. The van der Waals surface area contributed by atoms with Gasteiger partial charge in [-0.25, -0.2) is 4.98 Å². The number of nitrogens with zero attached hydrogens (tertiary/aromatic N) is 3. The summed E-state index contributed by atoms with van der Waals surface area (Å²) in [6, 6.07) is 15.5. The van der Waals surface area contributed by atoms with Gasteiger partial charge in [0.15, 0.2) is 0 Å². The lowest BCUT2D eigenvalue weighted by Gasteiger charge is -2.08. The monoisotopic (exact) mass is 345 g/mol. The molecule has 5 heteroatoms. The van der Waals surface area contributed by atoms with Gasteiger partial charge in [0, 0.05) is 10.2 Å². The molecule has 0 saturated heterocycles. The smallest absolute Gasteiger partial charge is 0.129 e. The number of benzene rings is 2. The zero-order valence-electron chi connectivity index (χ0n) is 10.3. The average molecular weight is 347 g/mol. The molecule has 3 rings (SSSR count). The lowest BCUT2D eigenvalue weighted by molar-refractivity contribution is 0.981. The molecule has 0 fully saturated rings. The number of imidazole rings is 1. The molecule has 20 heavy (non-hydrogen) atoms. The summed E-state index contributed by atoms with van der Waals surface area (Å²) in [6.07, 6.45) is 0. The van der Waals surface area contributed by atoms with Gasteiger partial charge >= 0.3 is 0 Å². The number of fused-ring (bicyclic) bond motifs is 1. The normalized spacial score (nSPS) is 10.7. The summed E-state index contributed by atoms with van der Waals surface area (Å²) >= 11 is 9.45. The molecular weight excluding hydrogens is 338 g/mol. The van der Waals surface area contributed by atoms with Gasteiger partial charge in [0.1, 0.15) is 5.82 Å². The second-order valence-corrected chi connectivity index (χ2v) is 5.48. The van der Waals surface area contributed by atoms with Crippen molar-refractivity contribution in [2.75, 3.05) is 0 Å². The number of rotatable bonds is 2. The first-order valence-corrected chi connectivity index (χ1v) is 7.29. The zero-order chi connectivity index (χ0) is 14.1. The van der Waals surface area contributed by atoms with Gasteiger partial charge in [-0.05, 0) is 36.4 Å². The molecule has 0 N–H and O–H groups in total. The second-order valence-electron chi connectivity index (χ2n) is 4.29. The van der Waals surface area contributed by atoms with Crippen molar-refractivity contribution < 1.29 is 0 Å². The predicted octanol–water partition coefficient (Wildman–Crippen LogP) is 4.40. The molecular formula is C15H9BrClN3. The summed E-state index contributed by atoms with van der Waals surface area (Å²) in [4.78, 5) is 4.54. The van der Waals surface area contributed by atoms with Crippen LogP contribution in [0.2, 0.25) is 0 Å². The lowest BCUT2D eigenvalue weighted by atomic mass is 10.2. The number of alkyl halides is 1. The molecule has 0 aliphatic heterocycles. The maximum absolute atomic E-state index is 9.03. The molecule has 0 bridgehead atoms. The van der Waals surface area contributed by atoms with E-state index in [1.807, 2.05) is 41.0 Å². The molecule has 0 atom stereocenters. The summed E-state index contributed by atoms with van der Waals surface area (Å²) in [5.74, 6) is 1.07. The molecule has 0 unspecified atom stereocenters. The van der Waals surface area contributed by atoms with Crippen LogP contribution < -0.4 is 0 Å². The van der Waals surface area contributed by atoms with Crippen LogP contribution in [-0.4, -0.2) is 9.55 Å². The molecule has 1 aromatic heterocycles. The third kappa shape index (κ3) is 2.20. The summed E-state index contributed by atoms with van der Waals surface area (Å²) in [7, 11) is 0. The third-order valence-corrected chi connectivity index (χ3v) is 3.77. The van der Waals surface area contributed by atoms with Gasteiger partial charge in [-0.3, -0.25) is 4.57 Å². The Balaban J connectivity index is 2.31. The molecule has 0 amide bonds. The Morgan fingerprint density at radius 1 is 1.25 bits per heavy atom. The topological polar surface area (TPSA) is 41.6 Å². The van der Waals surface area contributed by atoms with E-state index in [1.54, 1.807) is 6.07 Å². The predicted molar refractivity (Wildman–Crippen MR) is 83.0 cm³/mol. The van der Waals surface area contributed by atoms with Crippen LogP contribution in [0.25, 0.3) is 16.7 Å². The fraction of sp³-hybridized carbons (Fsp3) is 0.0667. The minimum atomic E-state index is 0.309. The first-order chi connectivity index (χ1) is 9.72. The minimum Gasteiger partial charge on any atom is -0.295 e. The summed E-state index contributed by atoms with van der Waals surface area (Å²) in [6.45, 7) is 0. The largest absolute Gasteiger partial charge is 0.295 e. The zero-order valence-corrected chi connectivity index (χ0v) is 12.7. The highest BCUT2D eigenvalue weighted by molar-refractivity contribution is 9.10. The maximum atomic E-state index is 9.03. The van der Waals surface area contributed by atoms with Crippen molar-refractivity contribution >= 4 is 38.6 Å². The molecule has 2 aromatic carbocycles. The highest BCUT2D eigenvalue weighted by Crippen LogP contribution is 2.25. The molecule has 98 valence electrons. The van der Waals surface area contributed by atoms with E-state index < -0.39 is 0 Å². The van der Waals surface area contributed by atoms with Gasteiger partial charge in [-0.2, -0.15) is 5.26 Å². The van der Waals surface area contributed by atoms with Crippen molar-refractivity contribution in [2.45, 2.75) is 5.88 Å². The maximum Gasteiger partial charge on any atom is 0.129 e. The Hall–Kier alpha value is -1.83. The average Bonchev–Trinajstić information content (AvgIpc) is 2.84. The van der Waals surface area contributed by atoms with Gasteiger partial charge in [0.05, 0.1) is 28.5 Å². The first kappa shape index (κ1) is 13.2. The van der Waals surface area contributed by atoms with E-state index in [9.17, 15) is 0 Å². The Labute approximate surface area is 129 Å². The molecule has 3 nitrogen and oxygen atoms in total. The van der Waals surface area contributed by atoms with Crippen LogP contribution in [-0.2, 0) is 5.88 Å². The van der Waals surface area contributed by atoms with E-state index in [0.29, 0.717) is 11.4 Å². The SMILES string of the molecule is N#Cc1cccc(-n2c(CCl)nc3cc(Br)ccc32)c1. The second kappa shape index (κ2) is 5.28. The number of halogens is 2. The fourth-order valence-electron chi connectivity index (χ4n) is 2.20. The fourth-order valence-corrected chi connectivity index (χ4v) is 2.72. The summed E-state index contributed by atoms with van der Waals surface area (Å²) in [5, 5.41) is 9.03. The number of aromatic nitrogens is 2. The Morgan fingerprint density at radius 3 is 2.85 bits per heavy atom. The van der Waals surface area contributed by atoms with Crippen LogP contribution in [0.15, 0.2) is 46.9 Å². The molecule has 0 radical (unpaired) electrons. The van der Waals surface area contributed by atoms with Gasteiger partial charge in [-0.1, -0.05) is 22.0 Å². The van der Waals surface area contributed by atoms with E-state index >= 15 is 0 Å². The van der Waals surface area contributed by atoms with Crippen LogP contribution in [0.1, 0.15) is 11.4 Å². The Morgan fingerprint density at radius 2 is 2.10 bits per heavy atom. The van der Waals surface area contributed by atoms with Crippen LogP contribution >= 0.6 is 27.5 Å². The highest BCUT2D eigenvalue weighted by atomic mass is 79.9. The first-order valence-electron chi connectivity index (χ1n) is 5.96. The molecule has 0 aliphatic carbocycles. The molecule has 3 aromatic rings. The van der Waals surface area contributed by atoms with Gasteiger partial charge < -0.3 is 0 Å². The van der Waals surface area contributed by atoms with Crippen LogP contribution in [0, 0.1) is 11.3 Å². The highest BCUT2D eigenvalue weighted by Gasteiger charge is 2.12. The van der Waals surface area contributed by atoms with E-state index in [2.05, 4.69) is 27.0 Å².